The van der Waals surface area contributed by atoms with Crippen molar-refractivity contribution in [1.82, 2.24) is 10.6 Å². The van der Waals surface area contributed by atoms with Crippen molar-refractivity contribution < 1.29 is 27.5 Å². The van der Waals surface area contributed by atoms with Gasteiger partial charge in [-0.15, -0.1) is 11.3 Å². The maximum Gasteiger partial charge on any atom is 0.437 e. The van der Waals surface area contributed by atoms with Crippen LogP contribution in [0.1, 0.15) is 21.3 Å². The average Bonchev–Trinajstić information content (AvgIpc) is 3.08. The third-order valence-corrected chi connectivity index (χ3v) is 5.19. The maximum absolute atomic E-state index is 13.7. The second kappa shape index (κ2) is 6.60. The van der Waals surface area contributed by atoms with Crippen LogP contribution in [0.25, 0.3) is 0 Å². The number of nitrogens with one attached hydrogen (secondary N) is 2. The highest BCUT2D eigenvalue weighted by Crippen LogP contribution is 2.44. The summed E-state index contributed by atoms with van der Waals surface area (Å²) in [5.41, 5.74) is -3.39. The number of carbonyl (C=O) groups excluding carboxylic acids is 1. The Kier molecular flexibility index (Phi) is 4.76. The Morgan fingerprint density at radius 3 is 2.42 bits per heavy atom. The minimum absolute atomic E-state index is 0.0567. The van der Waals surface area contributed by atoms with E-state index in [1.54, 1.807) is 10.7 Å². The van der Waals surface area contributed by atoms with E-state index in [4.69, 9.17) is 12.2 Å². The molecule has 1 aliphatic heterocycles. The van der Waals surface area contributed by atoms with E-state index in [9.17, 15) is 27.5 Å². The van der Waals surface area contributed by atoms with Gasteiger partial charge in [-0.2, -0.15) is 13.2 Å². The SMILES string of the molecule is O=C(c1cccs1)[C@H]1[C@@H](c2ccc(F)cc2)NC(=S)N[C@]1(O)C(F)(F)F. The number of benzene rings is 1. The predicted octanol–water partition coefficient (Wildman–Crippen LogP) is 3.16. The van der Waals surface area contributed by atoms with Crippen LogP contribution in [0.5, 0.6) is 0 Å². The van der Waals surface area contributed by atoms with E-state index in [2.05, 4.69) is 5.32 Å². The normalized spacial score (nSPS) is 26.1. The molecule has 0 amide bonds. The first kappa shape index (κ1) is 18.7. The van der Waals surface area contributed by atoms with Gasteiger partial charge < -0.3 is 15.7 Å². The molecule has 10 heteroatoms. The van der Waals surface area contributed by atoms with Crippen molar-refractivity contribution in [3.8, 4) is 0 Å². The number of hydrogen-bond acceptors (Lipinski definition) is 4. The second-order valence-corrected chi connectivity index (χ2v) is 7.07. The lowest BCUT2D eigenvalue weighted by Crippen LogP contribution is -2.72. The Hall–Kier alpha value is -2.04. The molecule has 3 N–H and O–H groups in total. The van der Waals surface area contributed by atoms with E-state index in [0.717, 1.165) is 23.5 Å². The molecule has 3 atom stereocenters. The highest BCUT2D eigenvalue weighted by molar-refractivity contribution is 7.80. The summed E-state index contributed by atoms with van der Waals surface area (Å²) in [5.74, 6) is -3.47. The first-order valence-electron chi connectivity index (χ1n) is 7.34. The van der Waals surface area contributed by atoms with Gasteiger partial charge in [0.05, 0.1) is 10.9 Å². The molecule has 1 aromatic carbocycles. The standard InChI is InChI=1S/C16H12F4N2O2S2/c17-9-5-3-8(4-6-9)12-11(13(23)10-2-1-7-26-10)15(24,16(18,19)20)22-14(25)21-12/h1-7,11-12,24H,(H2,21,22,25)/t11-,12-,15-/m1/s1. The monoisotopic (exact) mass is 404 g/mol. The van der Waals surface area contributed by atoms with Crippen molar-refractivity contribution in [2.75, 3.05) is 0 Å². The molecular formula is C16H12F4N2O2S2. The fraction of sp³-hybridized carbons (Fsp3) is 0.250. The van der Waals surface area contributed by atoms with E-state index < -0.39 is 40.6 Å². The van der Waals surface area contributed by atoms with Gasteiger partial charge in [0.15, 0.2) is 10.9 Å². The van der Waals surface area contributed by atoms with Gasteiger partial charge in [0.25, 0.3) is 0 Å². The molecular weight excluding hydrogens is 392 g/mol. The molecule has 0 bridgehead atoms. The summed E-state index contributed by atoms with van der Waals surface area (Å²) in [6, 6.07) is 6.19. The minimum Gasteiger partial charge on any atom is -0.363 e. The zero-order valence-electron chi connectivity index (χ0n) is 12.9. The molecule has 1 fully saturated rings. The number of carbonyl (C=O) groups is 1. The van der Waals surface area contributed by atoms with Crippen LogP contribution in [0, 0.1) is 11.7 Å². The maximum atomic E-state index is 13.7. The third-order valence-electron chi connectivity index (χ3n) is 4.08. The Morgan fingerprint density at radius 2 is 1.88 bits per heavy atom. The van der Waals surface area contributed by atoms with Crippen molar-refractivity contribution in [2.45, 2.75) is 17.9 Å². The number of aliphatic hydroxyl groups is 1. The molecule has 0 radical (unpaired) electrons. The lowest BCUT2D eigenvalue weighted by Gasteiger charge is -2.46. The largest absolute Gasteiger partial charge is 0.437 e. The number of thiocarbonyl (C=S) groups is 1. The van der Waals surface area contributed by atoms with Crippen LogP contribution in [0.2, 0.25) is 0 Å². The van der Waals surface area contributed by atoms with Gasteiger partial charge in [-0.3, -0.25) is 4.79 Å². The summed E-state index contributed by atoms with van der Waals surface area (Å²) in [7, 11) is 0. The van der Waals surface area contributed by atoms with Crippen LogP contribution < -0.4 is 10.6 Å². The van der Waals surface area contributed by atoms with E-state index in [0.29, 0.717) is 0 Å². The smallest absolute Gasteiger partial charge is 0.363 e. The number of ketones is 1. The number of Topliss-reactive ketones (excluding diaryl/α,β-unsaturated/α-hetero) is 1. The molecule has 0 unspecified atom stereocenters. The Bertz CT molecular complexity index is 824. The topological polar surface area (TPSA) is 61.4 Å². The molecule has 2 heterocycles. The first-order chi connectivity index (χ1) is 12.1. The van der Waals surface area contributed by atoms with Crippen LogP contribution >= 0.6 is 23.6 Å². The van der Waals surface area contributed by atoms with Crippen molar-refractivity contribution in [1.29, 1.82) is 0 Å². The highest BCUT2D eigenvalue weighted by Gasteiger charge is 2.65. The number of thiophene rings is 1. The van der Waals surface area contributed by atoms with Gasteiger partial charge in [-0.05, 0) is 41.4 Å². The summed E-state index contributed by atoms with van der Waals surface area (Å²) in [6.45, 7) is 0. The number of hydrogen-bond donors (Lipinski definition) is 3. The van der Waals surface area contributed by atoms with Gasteiger partial charge in [-0.25, -0.2) is 4.39 Å². The molecule has 0 saturated carbocycles. The molecule has 1 saturated heterocycles. The minimum atomic E-state index is -5.19. The summed E-state index contributed by atoms with van der Waals surface area (Å²) in [4.78, 5) is 12.9. The van der Waals surface area contributed by atoms with Crippen molar-refractivity contribution >= 4 is 34.5 Å². The zero-order valence-corrected chi connectivity index (χ0v) is 14.5. The van der Waals surface area contributed by atoms with E-state index >= 15 is 0 Å². The number of halogens is 4. The molecule has 1 aliphatic rings. The lowest BCUT2D eigenvalue weighted by atomic mass is 9.79. The van der Waals surface area contributed by atoms with Crippen LogP contribution in [0.15, 0.2) is 41.8 Å². The van der Waals surface area contributed by atoms with Gasteiger partial charge in [-0.1, -0.05) is 18.2 Å². The Morgan fingerprint density at radius 1 is 1.23 bits per heavy atom. The van der Waals surface area contributed by atoms with Crippen LogP contribution in [0.4, 0.5) is 17.6 Å². The predicted molar refractivity (Wildman–Crippen MR) is 91.2 cm³/mol. The number of rotatable bonds is 3. The van der Waals surface area contributed by atoms with Crippen LogP contribution in [-0.4, -0.2) is 27.9 Å². The molecule has 4 nitrogen and oxygen atoms in total. The average molecular weight is 404 g/mol. The van der Waals surface area contributed by atoms with Crippen molar-refractivity contribution in [3.63, 3.8) is 0 Å². The third kappa shape index (κ3) is 3.19. The van der Waals surface area contributed by atoms with E-state index in [-0.39, 0.29) is 10.4 Å². The molecule has 2 aromatic rings. The van der Waals surface area contributed by atoms with Crippen molar-refractivity contribution in [2.24, 2.45) is 5.92 Å². The van der Waals surface area contributed by atoms with Crippen LogP contribution in [0.3, 0.4) is 0 Å². The quantitative estimate of drug-likeness (QED) is 0.417. The van der Waals surface area contributed by atoms with E-state index in [1.807, 2.05) is 0 Å². The van der Waals surface area contributed by atoms with Gasteiger partial charge in [0, 0.05) is 0 Å². The fourth-order valence-electron chi connectivity index (χ4n) is 2.86. The Labute approximate surface area is 154 Å². The van der Waals surface area contributed by atoms with Crippen LogP contribution in [-0.2, 0) is 0 Å². The van der Waals surface area contributed by atoms with E-state index in [1.165, 1.54) is 24.3 Å². The summed E-state index contributed by atoms with van der Waals surface area (Å²) in [5, 5.41) is 15.9. The molecule has 138 valence electrons. The summed E-state index contributed by atoms with van der Waals surface area (Å²) in [6.07, 6.45) is -5.19. The fourth-order valence-corrected chi connectivity index (χ4v) is 3.85. The molecule has 1 aromatic heterocycles. The highest BCUT2D eigenvalue weighted by atomic mass is 32.1. The lowest BCUT2D eigenvalue weighted by molar-refractivity contribution is -0.285. The molecule has 26 heavy (non-hydrogen) atoms. The molecule has 3 rings (SSSR count). The number of alkyl halides is 3. The summed E-state index contributed by atoms with van der Waals surface area (Å²) >= 11 is 5.76. The zero-order chi connectivity index (χ0) is 19.1. The van der Waals surface area contributed by atoms with Crippen molar-refractivity contribution in [3.05, 3.63) is 58.0 Å². The molecule has 0 aliphatic carbocycles. The van der Waals surface area contributed by atoms with Gasteiger partial charge >= 0.3 is 6.18 Å². The van der Waals surface area contributed by atoms with Gasteiger partial charge in [0.2, 0.25) is 5.72 Å². The second-order valence-electron chi connectivity index (χ2n) is 5.71. The van der Waals surface area contributed by atoms with Gasteiger partial charge in [0.1, 0.15) is 11.7 Å². The summed E-state index contributed by atoms with van der Waals surface area (Å²) < 4.78 is 54.3. The first-order valence-corrected chi connectivity index (χ1v) is 8.63. The molecule has 0 spiro atoms. The Balaban J connectivity index is 2.14.